The Morgan fingerprint density at radius 3 is 2.23 bits per heavy atom. The molecule has 0 rings (SSSR count). The summed E-state index contributed by atoms with van der Waals surface area (Å²) in [4.78, 5) is 15.1. The van der Waals surface area contributed by atoms with Crippen LogP contribution in [0, 0.1) is 0 Å². The molecule has 0 radical (unpaired) electrons. The number of amides is 1. The van der Waals surface area contributed by atoms with Crippen LogP contribution in [-0.2, 0) is 4.79 Å². The highest BCUT2D eigenvalue weighted by Crippen LogP contribution is 1.98. The Labute approximate surface area is 80.1 Å². The van der Waals surface area contributed by atoms with E-state index in [-0.39, 0.29) is 18.6 Å². The van der Waals surface area contributed by atoms with E-state index >= 15 is 0 Å². The predicted molar refractivity (Wildman–Crippen MR) is 52.5 cm³/mol. The zero-order chi connectivity index (χ0) is 10.4. The van der Waals surface area contributed by atoms with Gasteiger partial charge in [0.15, 0.2) is 0 Å². The smallest absolute Gasteiger partial charge is 0.237 e. The van der Waals surface area contributed by atoms with Crippen molar-refractivity contribution in [3.63, 3.8) is 0 Å². The van der Waals surface area contributed by atoms with Crippen LogP contribution in [0.3, 0.4) is 0 Å². The Morgan fingerprint density at radius 2 is 1.92 bits per heavy atom. The third-order valence-corrected chi connectivity index (χ3v) is 1.74. The molecular formula is C9H20N2O2. The molecule has 0 unspecified atom stereocenters. The second kappa shape index (κ2) is 5.94. The van der Waals surface area contributed by atoms with Crippen LogP contribution >= 0.6 is 0 Å². The average molecular weight is 188 g/mol. The molecule has 0 bridgehead atoms. The summed E-state index contributed by atoms with van der Waals surface area (Å²) < 4.78 is 0. The van der Waals surface area contributed by atoms with Crippen molar-refractivity contribution in [2.75, 3.05) is 33.8 Å². The SMILES string of the molecule is CC(C)N(CCO)C(=O)CN(C)C. The molecule has 0 atom stereocenters. The monoisotopic (exact) mass is 188 g/mol. The molecule has 0 aromatic rings. The molecule has 0 aromatic heterocycles. The van der Waals surface area contributed by atoms with E-state index < -0.39 is 0 Å². The molecule has 0 fully saturated rings. The van der Waals surface area contributed by atoms with Crippen LogP contribution in [0.15, 0.2) is 0 Å². The molecular weight excluding hydrogens is 168 g/mol. The number of carbonyl (C=O) groups is 1. The van der Waals surface area contributed by atoms with Crippen molar-refractivity contribution < 1.29 is 9.90 Å². The maximum atomic E-state index is 11.6. The van der Waals surface area contributed by atoms with E-state index in [4.69, 9.17) is 5.11 Å². The van der Waals surface area contributed by atoms with Crippen molar-refractivity contribution in [3.05, 3.63) is 0 Å². The standard InChI is InChI=1S/C9H20N2O2/c1-8(2)11(5-6-12)9(13)7-10(3)4/h8,12H,5-7H2,1-4H3. The number of hydrogen-bond acceptors (Lipinski definition) is 3. The van der Waals surface area contributed by atoms with Crippen LogP contribution in [-0.4, -0.2) is 60.6 Å². The van der Waals surface area contributed by atoms with Gasteiger partial charge in [-0.1, -0.05) is 0 Å². The minimum absolute atomic E-state index is 0.0251. The van der Waals surface area contributed by atoms with Crippen LogP contribution < -0.4 is 0 Å². The maximum Gasteiger partial charge on any atom is 0.237 e. The molecule has 0 aliphatic heterocycles. The highest BCUT2D eigenvalue weighted by atomic mass is 16.3. The van der Waals surface area contributed by atoms with Crippen molar-refractivity contribution in [2.24, 2.45) is 0 Å². The van der Waals surface area contributed by atoms with E-state index in [1.54, 1.807) is 4.90 Å². The van der Waals surface area contributed by atoms with Crippen LogP contribution in [0.25, 0.3) is 0 Å². The first-order valence-electron chi connectivity index (χ1n) is 4.54. The highest BCUT2D eigenvalue weighted by Gasteiger charge is 2.16. The number of hydrogen-bond donors (Lipinski definition) is 1. The van der Waals surface area contributed by atoms with E-state index in [9.17, 15) is 4.79 Å². The summed E-state index contributed by atoms with van der Waals surface area (Å²) >= 11 is 0. The molecule has 1 amide bonds. The van der Waals surface area contributed by atoms with E-state index in [0.717, 1.165) is 0 Å². The Kier molecular flexibility index (Phi) is 5.66. The lowest BCUT2D eigenvalue weighted by Gasteiger charge is -2.27. The molecule has 0 aliphatic rings. The van der Waals surface area contributed by atoms with Gasteiger partial charge in [0.1, 0.15) is 0 Å². The summed E-state index contributed by atoms with van der Waals surface area (Å²) in [6.07, 6.45) is 0. The fourth-order valence-electron chi connectivity index (χ4n) is 1.14. The third kappa shape index (κ3) is 4.85. The Morgan fingerprint density at radius 1 is 1.38 bits per heavy atom. The summed E-state index contributed by atoms with van der Waals surface area (Å²) in [5.41, 5.74) is 0. The largest absolute Gasteiger partial charge is 0.395 e. The molecule has 0 saturated heterocycles. The minimum Gasteiger partial charge on any atom is -0.395 e. The van der Waals surface area contributed by atoms with E-state index in [1.165, 1.54) is 0 Å². The van der Waals surface area contributed by atoms with E-state index in [1.807, 2.05) is 32.8 Å². The zero-order valence-corrected chi connectivity index (χ0v) is 8.95. The molecule has 13 heavy (non-hydrogen) atoms. The van der Waals surface area contributed by atoms with Gasteiger partial charge < -0.3 is 14.9 Å². The Hall–Kier alpha value is -0.610. The van der Waals surface area contributed by atoms with E-state index in [2.05, 4.69) is 0 Å². The van der Waals surface area contributed by atoms with Crippen molar-refractivity contribution in [2.45, 2.75) is 19.9 Å². The second-order valence-electron chi connectivity index (χ2n) is 3.64. The normalized spacial score (nSPS) is 11.0. The van der Waals surface area contributed by atoms with Gasteiger partial charge in [-0.05, 0) is 27.9 Å². The molecule has 4 nitrogen and oxygen atoms in total. The van der Waals surface area contributed by atoms with Crippen LogP contribution in [0.1, 0.15) is 13.8 Å². The number of aliphatic hydroxyl groups excluding tert-OH is 1. The summed E-state index contributed by atoms with van der Waals surface area (Å²) in [5, 5.41) is 8.76. The summed E-state index contributed by atoms with van der Waals surface area (Å²) in [6.45, 7) is 4.74. The molecule has 4 heteroatoms. The molecule has 78 valence electrons. The fraction of sp³-hybridized carbons (Fsp3) is 0.889. The summed E-state index contributed by atoms with van der Waals surface area (Å²) in [7, 11) is 3.71. The quantitative estimate of drug-likeness (QED) is 0.648. The number of likely N-dealkylation sites (N-methyl/N-ethyl adjacent to an activating group) is 1. The lowest BCUT2D eigenvalue weighted by molar-refractivity contribution is -0.134. The molecule has 0 aromatic carbocycles. The van der Waals surface area contributed by atoms with Gasteiger partial charge in [0.05, 0.1) is 13.2 Å². The van der Waals surface area contributed by atoms with Crippen molar-refractivity contribution in [1.29, 1.82) is 0 Å². The average Bonchev–Trinajstić information content (AvgIpc) is 1.97. The summed E-state index contributed by atoms with van der Waals surface area (Å²) in [5.74, 6) is 0.0639. The molecule has 0 saturated carbocycles. The molecule has 1 N–H and O–H groups in total. The van der Waals surface area contributed by atoms with Crippen LogP contribution in [0.5, 0.6) is 0 Å². The van der Waals surface area contributed by atoms with Gasteiger partial charge in [0.25, 0.3) is 0 Å². The maximum absolute atomic E-state index is 11.6. The van der Waals surface area contributed by atoms with Gasteiger partial charge in [-0.3, -0.25) is 4.79 Å². The van der Waals surface area contributed by atoms with Crippen LogP contribution in [0.4, 0.5) is 0 Å². The first kappa shape index (κ1) is 12.4. The van der Waals surface area contributed by atoms with Gasteiger partial charge >= 0.3 is 0 Å². The Balaban J connectivity index is 4.11. The van der Waals surface area contributed by atoms with Gasteiger partial charge in [0, 0.05) is 12.6 Å². The lowest BCUT2D eigenvalue weighted by atomic mass is 10.3. The van der Waals surface area contributed by atoms with E-state index in [0.29, 0.717) is 13.1 Å². The molecule has 0 spiro atoms. The third-order valence-electron chi connectivity index (χ3n) is 1.74. The first-order chi connectivity index (χ1) is 5.99. The van der Waals surface area contributed by atoms with Crippen molar-refractivity contribution >= 4 is 5.91 Å². The molecule has 0 heterocycles. The number of nitrogens with zero attached hydrogens (tertiary/aromatic N) is 2. The molecule has 0 aliphatic carbocycles. The summed E-state index contributed by atoms with van der Waals surface area (Å²) in [6, 6.07) is 0.152. The van der Waals surface area contributed by atoms with Gasteiger partial charge in [-0.2, -0.15) is 0 Å². The van der Waals surface area contributed by atoms with Crippen molar-refractivity contribution in [1.82, 2.24) is 9.80 Å². The van der Waals surface area contributed by atoms with Crippen molar-refractivity contribution in [3.8, 4) is 0 Å². The Bertz CT molecular complexity index is 158. The topological polar surface area (TPSA) is 43.8 Å². The fourth-order valence-corrected chi connectivity index (χ4v) is 1.14. The van der Waals surface area contributed by atoms with Gasteiger partial charge in [0.2, 0.25) is 5.91 Å². The number of carbonyl (C=O) groups excluding carboxylic acids is 1. The lowest BCUT2D eigenvalue weighted by Crippen LogP contribution is -2.43. The van der Waals surface area contributed by atoms with Crippen LogP contribution in [0.2, 0.25) is 0 Å². The zero-order valence-electron chi connectivity index (χ0n) is 8.95. The number of rotatable bonds is 5. The number of aliphatic hydroxyl groups is 1. The minimum atomic E-state index is 0.0251. The second-order valence-corrected chi connectivity index (χ2v) is 3.64. The predicted octanol–water partition coefficient (Wildman–Crippen LogP) is -0.223. The highest BCUT2D eigenvalue weighted by molar-refractivity contribution is 5.78. The van der Waals surface area contributed by atoms with Gasteiger partial charge in [-0.25, -0.2) is 0 Å². The van der Waals surface area contributed by atoms with Gasteiger partial charge in [-0.15, -0.1) is 0 Å². The first-order valence-corrected chi connectivity index (χ1v) is 4.54.